The maximum Gasteiger partial charge on any atom is 0.247 e. The zero-order chi connectivity index (χ0) is 15.3. The topological polar surface area (TPSA) is 66.6 Å². The Labute approximate surface area is 126 Å². The number of hydrogen-bond acceptors (Lipinski definition) is 3. The van der Waals surface area contributed by atoms with E-state index in [1.165, 1.54) is 6.42 Å². The van der Waals surface area contributed by atoms with E-state index in [4.69, 9.17) is 5.73 Å². The normalized spacial score (nSPS) is 19.0. The number of carbonyl (C=O) groups excluding carboxylic acids is 1. The molecule has 3 N–H and O–H groups in total. The van der Waals surface area contributed by atoms with Gasteiger partial charge in [0.05, 0.1) is 6.61 Å². The summed E-state index contributed by atoms with van der Waals surface area (Å²) >= 11 is 0. The molecule has 2 rings (SSSR count). The summed E-state index contributed by atoms with van der Waals surface area (Å²) in [7, 11) is 0. The van der Waals surface area contributed by atoms with Crippen molar-refractivity contribution in [2.45, 2.75) is 50.6 Å². The van der Waals surface area contributed by atoms with Crippen LogP contribution in [0.1, 0.15) is 44.6 Å². The Kier molecular flexibility index (Phi) is 5.37. The van der Waals surface area contributed by atoms with Crippen LogP contribution in [-0.2, 0) is 10.3 Å². The molecule has 1 aromatic rings. The highest BCUT2D eigenvalue weighted by Gasteiger charge is 2.37. The Morgan fingerprint density at radius 2 is 1.90 bits per heavy atom. The number of benzene rings is 1. The number of nitrogens with two attached hydrogens (primary N) is 1. The van der Waals surface area contributed by atoms with Crippen molar-refractivity contribution in [1.82, 2.24) is 4.90 Å². The first-order valence-corrected chi connectivity index (χ1v) is 7.83. The van der Waals surface area contributed by atoms with E-state index in [-0.39, 0.29) is 18.6 Å². The molecule has 1 unspecified atom stereocenters. The van der Waals surface area contributed by atoms with Crippen LogP contribution in [0.3, 0.4) is 0 Å². The molecule has 1 aliphatic rings. The average molecular weight is 290 g/mol. The van der Waals surface area contributed by atoms with Crippen molar-refractivity contribution in [2.75, 3.05) is 13.2 Å². The molecule has 0 aromatic heterocycles. The first-order valence-electron chi connectivity index (χ1n) is 7.83. The van der Waals surface area contributed by atoms with E-state index < -0.39 is 5.54 Å². The van der Waals surface area contributed by atoms with E-state index in [0.29, 0.717) is 6.54 Å². The van der Waals surface area contributed by atoms with Gasteiger partial charge in [0.15, 0.2) is 0 Å². The summed E-state index contributed by atoms with van der Waals surface area (Å²) in [4.78, 5) is 14.7. The van der Waals surface area contributed by atoms with Gasteiger partial charge in [-0.15, -0.1) is 0 Å². The maximum absolute atomic E-state index is 12.9. The minimum absolute atomic E-state index is 0.0207. The van der Waals surface area contributed by atoms with Gasteiger partial charge in [-0.05, 0) is 25.3 Å². The molecule has 4 heteroatoms. The number of rotatable bonds is 5. The first-order chi connectivity index (χ1) is 10.1. The quantitative estimate of drug-likeness (QED) is 0.872. The molecule has 1 atom stereocenters. The van der Waals surface area contributed by atoms with Crippen LogP contribution < -0.4 is 5.73 Å². The van der Waals surface area contributed by atoms with Gasteiger partial charge in [0.2, 0.25) is 5.91 Å². The summed E-state index contributed by atoms with van der Waals surface area (Å²) in [6.45, 7) is 2.11. The highest BCUT2D eigenvalue weighted by molar-refractivity contribution is 5.87. The number of hydrogen-bond donors (Lipinski definition) is 2. The SMILES string of the molecule is CC(N)(C(=O)N(CCO)C1CCCCC1)c1ccccc1. The van der Waals surface area contributed by atoms with Crippen molar-refractivity contribution in [3.8, 4) is 0 Å². The zero-order valence-corrected chi connectivity index (χ0v) is 12.8. The number of amides is 1. The zero-order valence-electron chi connectivity index (χ0n) is 12.8. The molecular formula is C17H26N2O2. The first kappa shape index (κ1) is 16.0. The van der Waals surface area contributed by atoms with Crippen molar-refractivity contribution >= 4 is 5.91 Å². The number of carbonyl (C=O) groups is 1. The standard InChI is InChI=1S/C17H26N2O2/c1-17(18,14-8-4-2-5-9-14)16(21)19(12-13-20)15-10-6-3-7-11-15/h2,4-5,8-9,15,20H,3,6-7,10-13,18H2,1H3. The second-order valence-corrected chi connectivity index (χ2v) is 6.08. The monoisotopic (exact) mass is 290 g/mol. The highest BCUT2D eigenvalue weighted by Crippen LogP contribution is 2.27. The predicted octanol–water partition coefficient (Wildman–Crippen LogP) is 2.01. The number of aliphatic hydroxyl groups excluding tert-OH is 1. The Morgan fingerprint density at radius 3 is 2.48 bits per heavy atom. The Morgan fingerprint density at radius 1 is 1.29 bits per heavy atom. The molecular weight excluding hydrogens is 264 g/mol. The third-order valence-corrected chi connectivity index (χ3v) is 4.43. The molecule has 1 fully saturated rings. The second-order valence-electron chi connectivity index (χ2n) is 6.08. The van der Waals surface area contributed by atoms with Crippen LogP contribution >= 0.6 is 0 Å². The lowest BCUT2D eigenvalue weighted by Crippen LogP contribution is -2.55. The van der Waals surface area contributed by atoms with Gasteiger partial charge in [-0.3, -0.25) is 4.79 Å². The van der Waals surface area contributed by atoms with Gasteiger partial charge < -0.3 is 15.7 Å². The lowest BCUT2D eigenvalue weighted by molar-refractivity contribution is -0.140. The molecule has 0 aliphatic heterocycles. The maximum atomic E-state index is 12.9. The highest BCUT2D eigenvalue weighted by atomic mass is 16.3. The van der Waals surface area contributed by atoms with Gasteiger partial charge in [0, 0.05) is 12.6 Å². The van der Waals surface area contributed by atoms with Gasteiger partial charge in [0.25, 0.3) is 0 Å². The van der Waals surface area contributed by atoms with Crippen molar-refractivity contribution < 1.29 is 9.90 Å². The third kappa shape index (κ3) is 3.63. The van der Waals surface area contributed by atoms with Crippen molar-refractivity contribution in [1.29, 1.82) is 0 Å². The van der Waals surface area contributed by atoms with Gasteiger partial charge >= 0.3 is 0 Å². The molecule has 0 radical (unpaired) electrons. The van der Waals surface area contributed by atoms with E-state index in [9.17, 15) is 9.90 Å². The molecule has 4 nitrogen and oxygen atoms in total. The van der Waals surface area contributed by atoms with Crippen LogP contribution in [0.15, 0.2) is 30.3 Å². The summed E-state index contributed by atoms with van der Waals surface area (Å²) in [5.41, 5.74) is 6.11. The predicted molar refractivity (Wildman–Crippen MR) is 83.7 cm³/mol. The average Bonchev–Trinajstić information content (AvgIpc) is 2.53. The summed E-state index contributed by atoms with van der Waals surface area (Å²) in [5.74, 6) is -0.0883. The number of nitrogens with zero attached hydrogens (tertiary/aromatic N) is 1. The molecule has 116 valence electrons. The van der Waals surface area contributed by atoms with Gasteiger partial charge in [-0.2, -0.15) is 0 Å². The van der Waals surface area contributed by atoms with Crippen LogP contribution in [0.5, 0.6) is 0 Å². The lowest BCUT2D eigenvalue weighted by atomic mass is 9.88. The molecule has 0 bridgehead atoms. The van der Waals surface area contributed by atoms with Crippen LogP contribution in [0.25, 0.3) is 0 Å². The van der Waals surface area contributed by atoms with E-state index in [0.717, 1.165) is 31.2 Å². The molecule has 1 aliphatic carbocycles. The lowest BCUT2D eigenvalue weighted by Gasteiger charge is -2.39. The Bertz CT molecular complexity index is 453. The van der Waals surface area contributed by atoms with Crippen molar-refractivity contribution in [2.24, 2.45) is 5.73 Å². The summed E-state index contributed by atoms with van der Waals surface area (Å²) in [5, 5.41) is 9.32. The van der Waals surface area contributed by atoms with E-state index >= 15 is 0 Å². The fraction of sp³-hybridized carbons (Fsp3) is 0.588. The van der Waals surface area contributed by atoms with Crippen molar-refractivity contribution in [3.05, 3.63) is 35.9 Å². The number of aliphatic hydroxyl groups is 1. The van der Waals surface area contributed by atoms with E-state index in [1.54, 1.807) is 11.8 Å². The molecule has 1 amide bonds. The summed E-state index contributed by atoms with van der Waals surface area (Å²) in [6, 6.07) is 9.68. The largest absolute Gasteiger partial charge is 0.395 e. The van der Waals surface area contributed by atoms with E-state index in [1.807, 2.05) is 30.3 Å². The van der Waals surface area contributed by atoms with E-state index in [2.05, 4.69) is 0 Å². The molecule has 0 saturated heterocycles. The fourth-order valence-electron chi connectivity index (χ4n) is 3.16. The van der Waals surface area contributed by atoms with Crippen LogP contribution in [0.4, 0.5) is 0 Å². The van der Waals surface area contributed by atoms with Gasteiger partial charge in [0.1, 0.15) is 5.54 Å². The Hall–Kier alpha value is -1.39. The second kappa shape index (κ2) is 7.05. The molecule has 0 spiro atoms. The third-order valence-electron chi connectivity index (χ3n) is 4.43. The van der Waals surface area contributed by atoms with Crippen LogP contribution in [0, 0.1) is 0 Å². The molecule has 1 aromatic carbocycles. The smallest absolute Gasteiger partial charge is 0.247 e. The summed E-state index contributed by atoms with van der Waals surface area (Å²) in [6.07, 6.45) is 5.54. The minimum Gasteiger partial charge on any atom is -0.395 e. The van der Waals surface area contributed by atoms with Crippen molar-refractivity contribution in [3.63, 3.8) is 0 Å². The fourth-order valence-corrected chi connectivity index (χ4v) is 3.16. The minimum atomic E-state index is -1.05. The van der Waals surface area contributed by atoms with Gasteiger partial charge in [-0.25, -0.2) is 0 Å². The van der Waals surface area contributed by atoms with Crippen LogP contribution in [-0.4, -0.2) is 35.1 Å². The molecule has 1 saturated carbocycles. The molecule has 21 heavy (non-hydrogen) atoms. The summed E-state index contributed by atoms with van der Waals surface area (Å²) < 4.78 is 0. The van der Waals surface area contributed by atoms with Gasteiger partial charge in [-0.1, -0.05) is 49.6 Å². The molecule has 0 heterocycles. The Balaban J connectivity index is 2.20. The van der Waals surface area contributed by atoms with Crippen LogP contribution in [0.2, 0.25) is 0 Å².